The molecule has 1 aromatic carbocycles. The highest BCUT2D eigenvalue weighted by atomic mass is 79.9. The number of nitrogens with zero attached hydrogens (tertiary/aromatic N) is 1. The van der Waals surface area contributed by atoms with Gasteiger partial charge >= 0.3 is 5.69 Å². The molecule has 7 heteroatoms. The second kappa shape index (κ2) is 6.53. The van der Waals surface area contributed by atoms with Gasteiger partial charge in [0.05, 0.1) is 0 Å². The van der Waals surface area contributed by atoms with Gasteiger partial charge in [-0.1, -0.05) is 15.9 Å². The van der Waals surface area contributed by atoms with E-state index in [1.807, 2.05) is 19.1 Å². The first-order chi connectivity index (χ1) is 9.95. The largest absolute Gasteiger partial charge is 0.328 e. The Morgan fingerprint density at radius 3 is 2.76 bits per heavy atom. The number of amides is 1. The van der Waals surface area contributed by atoms with Crippen molar-refractivity contribution in [2.45, 2.75) is 19.9 Å². The fourth-order valence-electron chi connectivity index (χ4n) is 1.79. The number of carbonyl (C=O) groups excluding carboxylic acids is 1. The Labute approximate surface area is 128 Å². The zero-order valence-electron chi connectivity index (χ0n) is 11.4. The molecular weight excluding hydrogens is 338 g/mol. The van der Waals surface area contributed by atoms with E-state index in [-0.39, 0.29) is 18.9 Å². The van der Waals surface area contributed by atoms with Crippen LogP contribution in [-0.2, 0) is 11.3 Å². The maximum atomic E-state index is 11.9. The molecule has 0 radical (unpaired) electrons. The van der Waals surface area contributed by atoms with E-state index in [2.05, 4.69) is 26.2 Å². The first-order valence-electron chi connectivity index (χ1n) is 6.31. The van der Waals surface area contributed by atoms with Crippen LogP contribution in [-0.4, -0.2) is 15.5 Å². The predicted molar refractivity (Wildman–Crippen MR) is 83.4 cm³/mol. The molecule has 6 nitrogen and oxygen atoms in total. The van der Waals surface area contributed by atoms with Crippen LogP contribution in [0.5, 0.6) is 0 Å². The second-order valence-corrected chi connectivity index (χ2v) is 5.42. The van der Waals surface area contributed by atoms with Crippen LogP contribution in [0.3, 0.4) is 0 Å². The van der Waals surface area contributed by atoms with E-state index in [9.17, 15) is 14.4 Å². The second-order valence-electron chi connectivity index (χ2n) is 4.57. The number of carbonyl (C=O) groups is 1. The van der Waals surface area contributed by atoms with Crippen LogP contribution in [0, 0.1) is 6.92 Å². The van der Waals surface area contributed by atoms with Gasteiger partial charge in [-0.25, -0.2) is 4.79 Å². The highest BCUT2D eigenvalue weighted by Gasteiger charge is 2.05. The Bertz CT molecular complexity index is 780. The number of aromatic nitrogens is 2. The van der Waals surface area contributed by atoms with E-state index in [0.717, 1.165) is 10.0 Å². The quantitative estimate of drug-likeness (QED) is 0.877. The molecular formula is C14H14BrN3O3. The van der Waals surface area contributed by atoms with Gasteiger partial charge in [-0.2, -0.15) is 0 Å². The molecule has 2 N–H and O–H groups in total. The molecule has 21 heavy (non-hydrogen) atoms. The van der Waals surface area contributed by atoms with Crippen molar-refractivity contribution in [3.8, 4) is 0 Å². The van der Waals surface area contributed by atoms with Crippen molar-refractivity contribution in [2.75, 3.05) is 5.32 Å². The van der Waals surface area contributed by atoms with Crippen LogP contribution in [0.4, 0.5) is 5.69 Å². The molecule has 1 aromatic heterocycles. The highest BCUT2D eigenvalue weighted by Crippen LogP contribution is 2.20. The number of H-pyrrole nitrogens is 1. The van der Waals surface area contributed by atoms with Gasteiger partial charge in [0, 0.05) is 35.4 Å². The van der Waals surface area contributed by atoms with Gasteiger partial charge in [-0.15, -0.1) is 0 Å². The van der Waals surface area contributed by atoms with Crippen molar-refractivity contribution in [3.05, 3.63) is 61.3 Å². The van der Waals surface area contributed by atoms with Crippen molar-refractivity contribution in [2.24, 2.45) is 0 Å². The summed E-state index contributed by atoms with van der Waals surface area (Å²) in [7, 11) is 0. The molecule has 0 unspecified atom stereocenters. The maximum Gasteiger partial charge on any atom is 0.328 e. The van der Waals surface area contributed by atoms with E-state index in [1.54, 1.807) is 6.07 Å². The molecule has 0 saturated carbocycles. The first kappa shape index (κ1) is 15.2. The Morgan fingerprint density at radius 1 is 1.33 bits per heavy atom. The Morgan fingerprint density at radius 2 is 2.10 bits per heavy atom. The Hall–Kier alpha value is -2.15. The fourth-order valence-corrected chi connectivity index (χ4v) is 2.03. The molecule has 0 atom stereocenters. The third-order valence-corrected chi connectivity index (χ3v) is 3.81. The number of anilines is 1. The van der Waals surface area contributed by atoms with Crippen molar-refractivity contribution in [1.82, 2.24) is 9.55 Å². The molecule has 1 heterocycles. The third-order valence-electron chi connectivity index (χ3n) is 2.92. The Kier molecular flexibility index (Phi) is 4.74. The molecule has 0 aliphatic carbocycles. The van der Waals surface area contributed by atoms with Gasteiger partial charge in [-0.05, 0) is 30.7 Å². The number of hydrogen-bond donors (Lipinski definition) is 2. The van der Waals surface area contributed by atoms with Gasteiger partial charge in [0.1, 0.15) is 0 Å². The maximum absolute atomic E-state index is 11.9. The third kappa shape index (κ3) is 4.16. The lowest BCUT2D eigenvalue weighted by molar-refractivity contribution is -0.116. The predicted octanol–water partition coefficient (Wildman–Crippen LogP) is 1.64. The minimum absolute atomic E-state index is 0.140. The number of hydrogen-bond acceptors (Lipinski definition) is 3. The molecule has 0 saturated heterocycles. The van der Waals surface area contributed by atoms with E-state index < -0.39 is 11.2 Å². The molecule has 110 valence electrons. The summed E-state index contributed by atoms with van der Waals surface area (Å²) in [5.74, 6) is -0.199. The number of halogens is 1. The number of aryl methyl sites for hydroxylation is 2. The summed E-state index contributed by atoms with van der Waals surface area (Å²) in [5, 5.41) is 2.76. The minimum Gasteiger partial charge on any atom is -0.326 e. The summed E-state index contributed by atoms with van der Waals surface area (Å²) < 4.78 is 2.26. The summed E-state index contributed by atoms with van der Waals surface area (Å²) in [4.78, 5) is 36.4. The summed E-state index contributed by atoms with van der Waals surface area (Å²) in [5.41, 5.74) is 0.750. The fraction of sp³-hybridized carbons (Fsp3) is 0.214. The summed E-state index contributed by atoms with van der Waals surface area (Å²) >= 11 is 3.39. The summed E-state index contributed by atoms with van der Waals surface area (Å²) in [6.07, 6.45) is 1.51. The molecule has 2 rings (SSSR count). The number of aromatic amines is 1. The smallest absolute Gasteiger partial charge is 0.326 e. The molecule has 0 spiro atoms. The lowest BCUT2D eigenvalue weighted by Gasteiger charge is -2.08. The van der Waals surface area contributed by atoms with E-state index in [1.165, 1.54) is 16.8 Å². The van der Waals surface area contributed by atoms with Crippen LogP contribution in [0.15, 0.2) is 44.5 Å². The lowest BCUT2D eigenvalue weighted by atomic mass is 10.2. The first-order valence-corrected chi connectivity index (χ1v) is 7.11. The zero-order valence-corrected chi connectivity index (χ0v) is 12.9. The lowest BCUT2D eigenvalue weighted by Crippen LogP contribution is -2.29. The summed E-state index contributed by atoms with van der Waals surface area (Å²) in [6.45, 7) is 2.14. The SMILES string of the molecule is Cc1cc(NC(=O)CCn2ccc(=O)[nH]c2=O)ccc1Br. The van der Waals surface area contributed by atoms with E-state index in [4.69, 9.17) is 0 Å². The van der Waals surface area contributed by atoms with Crippen LogP contribution in [0.1, 0.15) is 12.0 Å². The van der Waals surface area contributed by atoms with Crippen LogP contribution in [0.25, 0.3) is 0 Å². The molecule has 0 aliphatic rings. The van der Waals surface area contributed by atoms with Crippen molar-refractivity contribution in [1.29, 1.82) is 0 Å². The molecule has 0 fully saturated rings. The number of nitrogens with one attached hydrogen (secondary N) is 2. The zero-order chi connectivity index (χ0) is 15.4. The van der Waals surface area contributed by atoms with Gasteiger partial charge in [0.25, 0.3) is 5.56 Å². The van der Waals surface area contributed by atoms with Crippen molar-refractivity contribution >= 4 is 27.5 Å². The monoisotopic (exact) mass is 351 g/mol. The van der Waals surface area contributed by atoms with Crippen LogP contribution in [0.2, 0.25) is 0 Å². The topological polar surface area (TPSA) is 84.0 Å². The standard InChI is InChI=1S/C14H14BrN3O3/c1-9-8-10(2-3-11(9)15)16-12(19)4-6-18-7-5-13(20)17-14(18)21/h2-3,5,7-8H,4,6H2,1H3,(H,16,19)(H,17,20,21). The minimum atomic E-state index is -0.519. The van der Waals surface area contributed by atoms with Crippen molar-refractivity contribution in [3.63, 3.8) is 0 Å². The normalized spacial score (nSPS) is 10.4. The van der Waals surface area contributed by atoms with E-state index in [0.29, 0.717) is 5.69 Å². The molecule has 1 amide bonds. The molecule has 0 aliphatic heterocycles. The Balaban J connectivity index is 1.97. The van der Waals surface area contributed by atoms with Gasteiger partial charge in [-0.3, -0.25) is 14.6 Å². The average Bonchev–Trinajstić information content (AvgIpc) is 2.42. The van der Waals surface area contributed by atoms with Gasteiger partial charge in [0.15, 0.2) is 0 Å². The van der Waals surface area contributed by atoms with Crippen LogP contribution < -0.4 is 16.6 Å². The van der Waals surface area contributed by atoms with E-state index >= 15 is 0 Å². The summed E-state index contributed by atoms with van der Waals surface area (Å²) in [6, 6.07) is 6.75. The number of rotatable bonds is 4. The van der Waals surface area contributed by atoms with Crippen LogP contribution >= 0.6 is 15.9 Å². The highest BCUT2D eigenvalue weighted by molar-refractivity contribution is 9.10. The van der Waals surface area contributed by atoms with Gasteiger partial charge in [0.2, 0.25) is 5.91 Å². The number of benzene rings is 1. The molecule has 2 aromatic rings. The van der Waals surface area contributed by atoms with Gasteiger partial charge < -0.3 is 9.88 Å². The average molecular weight is 352 g/mol. The van der Waals surface area contributed by atoms with Crippen molar-refractivity contribution < 1.29 is 4.79 Å². The molecule has 0 bridgehead atoms.